The molecule has 0 atom stereocenters. The molecule has 2 heterocycles. The second-order valence-electron chi connectivity index (χ2n) is 6.03. The zero-order chi connectivity index (χ0) is 18.1. The van der Waals surface area contributed by atoms with E-state index in [1.165, 1.54) is 4.57 Å². The molecule has 0 radical (unpaired) electrons. The van der Waals surface area contributed by atoms with E-state index in [2.05, 4.69) is 10.3 Å². The molecule has 4 rings (SSSR count). The molecule has 26 heavy (non-hydrogen) atoms. The molecular formula is C19H16ClN3O3. The summed E-state index contributed by atoms with van der Waals surface area (Å²) in [6.07, 6.45) is 2.65. The highest BCUT2D eigenvalue weighted by molar-refractivity contribution is 6.31. The fraction of sp³-hybridized carbons (Fsp3) is 0.158. The van der Waals surface area contributed by atoms with Gasteiger partial charge in [-0.3, -0.25) is 9.36 Å². The van der Waals surface area contributed by atoms with Gasteiger partial charge in [0.1, 0.15) is 6.54 Å². The van der Waals surface area contributed by atoms with Crippen molar-refractivity contribution in [3.63, 3.8) is 0 Å². The summed E-state index contributed by atoms with van der Waals surface area (Å²) in [5, 5.41) is 4.47. The third kappa shape index (κ3) is 3.11. The third-order valence-electron chi connectivity index (χ3n) is 4.32. The normalized spacial score (nSPS) is 11.3. The van der Waals surface area contributed by atoms with Gasteiger partial charge in [0.2, 0.25) is 5.91 Å². The first-order valence-electron chi connectivity index (χ1n) is 8.22. The molecule has 4 aromatic rings. The Balaban J connectivity index is 1.42. The zero-order valence-electron chi connectivity index (χ0n) is 13.8. The fourth-order valence-electron chi connectivity index (χ4n) is 3.06. The maximum Gasteiger partial charge on any atom is 0.420 e. The van der Waals surface area contributed by atoms with Gasteiger partial charge >= 0.3 is 5.76 Å². The van der Waals surface area contributed by atoms with E-state index in [1.807, 2.05) is 30.5 Å². The van der Waals surface area contributed by atoms with E-state index in [0.717, 1.165) is 16.5 Å². The molecule has 0 bridgehead atoms. The summed E-state index contributed by atoms with van der Waals surface area (Å²) in [5.74, 6) is -0.821. The number of halogens is 1. The molecule has 0 saturated carbocycles. The number of carbonyl (C=O) groups excluding carboxylic acids is 1. The molecule has 7 heteroatoms. The largest absolute Gasteiger partial charge is 0.420 e. The standard InChI is InChI=1S/C19H16ClN3O3/c20-13-5-6-16-17(9-13)26-19(25)23(16)11-18(24)21-8-7-12-10-22-15-4-2-1-3-14(12)15/h1-6,9-10,22H,7-8,11H2,(H,21,24). The Bertz CT molecular complexity index is 1160. The molecule has 1 amide bonds. The van der Waals surface area contributed by atoms with Crippen LogP contribution < -0.4 is 11.1 Å². The van der Waals surface area contributed by atoms with Gasteiger partial charge in [-0.25, -0.2) is 4.79 Å². The van der Waals surface area contributed by atoms with Gasteiger partial charge in [-0.05, 0) is 30.2 Å². The Hall–Kier alpha value is -2.99. The Kier molecular flexibility index (Phi) is 4.26. The molecule has 0 aliphatic heterocycles. The Morgan fingerprint density at radius 3 is 2.96 bits per heavy atom. The van der Waals surface area contributed by atoms with Crippen LogP contribution in [0.4, 0.5) is 0 Å². The summed E-state index contributed by atoms with van der Waals surface area (Å²) in [6, 6.07) is 12.9. The summed E-state index contributed by atoms with van der Waals surface area (Å²) in [4.78, 5) is 27.4. The van der Waals surface area contributed by atoms with Crippen molar-refractivity contribution >= 4 is 39.5 Å². The molecule has 0 spiro atoms. The minimum atomic E-state index is -0.575. The molecule has 132 valence electrons. The summed E-state index contributed by atoms with van der Waals surface area (Å²) in [6.45, 7) is 0.387. The lowest BCUT2D eigenvalue weighted by Crippen LogP contribution is -2.32. The minimum Gasteiger partial charge on any atom is -0.408 e. The molecule has 0 aliphatic rings. The van der Waals surface area contributed by atoms with E-state index in [0.29, 0.717) is 29.1 Å². The first kappa shape index (κ1) is 16.5. The molecule has 2 N–H and O–H groups in total. The van der Waals surface area contributed by atoms with Crippen LogP contribution in [0.1, 0.15) is 5.56 Å². The second-order valence-corrected chi connectivity index (χ2v) is 6.46. The van der Waals surface area contributed by atoms with Crippen molar-refractivity contribution in [2.75, 3.05) is 6.54 Å². The van der Waals surface area contributed by atoms with Gasteiger partial charge in [0, 0.05) is 34.7 Å². The number of aromatic nitrogens is 2. The molecule has 0 unspecified atom stereocenters. The number of oxazole rings is 1. The molecule has 2 aromatic heterocycles. The van der Waals surface area contributed by atoms with E-state index in [-0.39, 0.29) is 12.5 Å². The Morgan fingerprint density at radius 2 is 2.08 bits per heavy atom. The number of aromatic amines is 1. The topological polar surface area (TPSA) is 80.0 Å². The predicted octanol–water partition coefficient (Wildman–Crippen LogP) is 3.09. The first-order valence-corrected chi connectivity index (χ1v) is 8.60. The number of nitrogens with one attached hydrogen (secondary N) is 2. The number of rotatable bonds is 5. The van der Waals surface area contributed by atoms with Gasteiger partial charge in [-0.1, -0.05) is 29.8 Å². The van der Waals surface area contributed by atoms with Crippen molar-refractivity contribution in [1.82, 2.24) is 14.9 Å². The number of amides is 1. The highest BCUT2D eigenvalue weighted by Gasteiger charge is 2.13. The summed E-state index contributed by atoms with van der Waals surface area (Å²) in [5.41, 5.74) is 3.13. The lowest BCUT2D eigenvalue weighted by molar-refractivity contribution is -0.121. The highest BCUT2D eigenvalue weighted by Crippen LogP contribution is 2.19. The maximum atomic E-state index is 12.2. The number of carbonyl (C=O) groups is 1. The van der Waals surface area contributed by atoms with Crippen LogP contribution in [-0.2, 0) is 17.8 Å². The summed E-state index contributed by atoms with van der Waals surface area (Å²) >= 11 is 5.89. The van der Waals surface area contributed by atoms with E-state index >= 15 is 0 Å². The quantitative estimate of drug-likeness (QED) is 0.567. The van der Waals surface area contributed by atoms with Gasteiger partial charge in [-0.2, -0.15) is 0 Å². The first-order chi connectivity index (χ1) is 12.6. The third-order valence-corrected chi connectivity index (χ3v) is 4.56. The van der Waals surface area contributed by atoms with Gasteiger partial charge in [0.25, 0.3) is 0 Å². The number of fused-ring (bicyclic) bond motifs is 2. The lowest BCUT2D eigenvalue weighted by atomic mass is 10.1. The van der Waals surface area contributed by atoms with Crippen LogP contribution in [0, 0.1) is 0 Å². The molecular weight excluding hydrogens is 354 g/mol. The van der Waals surface area contributed by atoms with Crippen molar-refractivity contribution in [3.05, 3.63) is 69.8 Å². The summed E-state index contributed by atoms with van der Waals surface area (Å²) in [7, 11) is 0. The smallest absolute Gasteiger partial charge is 0.408 e. The SMILES string of the molecule is O=C(Cn1c(=O)oc2cc(Cl)ccc21)NCCc1c[nH]c2ccccc12. The number of H-pyrrole nitrogens is 1. The van der Waals surface area contributed by atoms with Crippen molar-refractivity contribution < 1.29 is 9.21 Å². The van der Waals surface area contributed by atoms with Crippen molar-refractivity contribution in [2.24, 2.45) is 0 Å². The number of hydrogen-bond acceptors (Lipinski definition) is 3. The van der Waals surface area contributed by atoms with Gasteiger partial charge in [0.05, 0.1) is 5.52 Å². The van der Waals surface area contributed by atoms with Gasteiger partial charge in [0.15, 0.2) is 5.58 Å². The average Bonchev–Trinajstić information content (AvgIpc) is 3.16. The van der Waals surface area contributed by atoms with Crippen LogP contribution in [0.5, 0.6) is 0 Å². The minimum absolute atomic E-state index is 0.0959. The van der Waals surface area contributed by atoms with Crippen LogP contribution >= 0.6 is 11.6 Å². The predicted molar refractivity (Wildman–Crippen MR) is 100 cm³/mol. The average molecular weight is 370 g/mol. The molecule has 0 saturated heterocycles. The van der Waals surface area contributed by atoms with Crippen LogP contribution in [0.25, 0.3) is 22.0 Å². The molecule has 6 nitrogen and oxygen atoms in total. The zero-order valence-corrected chi connectivity index (χ0v) is 14.5. The van der Waals surface area contributed by atoms with Crippen LogP contribution in [-0.4, -0.2) is 22.0 Å². The number of benzene rings is 2. The number of nitrogens with zero attached hydrogens (tertiary/aromatic N) is 1. The van der Waals surface area contributed by atoms with E-state index in [1.54, 1.807) is 18.2 Å². The molecule has 0 fully saturated rings. The second kappa shape index (κ2) is 6.72. The van der Waals surface area contributed by atoms with E-state index in [4.69, 9.17) is 16.0 Å². The van der Waals surface area contributed by atoms with E-state index in [9.17, 15) is 9.59 Å². The number of para-hydroxylation sites is 1. The Morgan fingerprint density at radius 1 is 1.23 bits per heavy atom. The monoisotopic (exact) mass is 369 g/mol. The number of hydrogen-bond donors (Lipinski definition) is 2. The fourth-order valence-corrected chi connectivity index (χ4v) is 3.23. The van der Waals surface area contributed by atoms with Gasteiger partial charge < -0.3 is 14.7 Å². The van der Waals surface area contributed by atoms with E-state index < -0.39 is 5.76 Å². The highest BCUT2D eigenvalue weighted by atomic mass is 35.5. The van der Waals surface area contributed by atoms with Crippen molar-refractivity contribution in [1.29, 1.82) is 0 Å². The summed E-state index contributed by atoms with van der Waals surface area (Å²) < 4.78 is 6.43. The molecule has 2 aromatic carbocycles. The van der Waals surface area contributed by atoms with Crippen molar-refractivity contribution in [2.45, 2.75) is 13.0 Å². The Labute approximate surface area is 153 Å². The van der Waals surface area contributed by atoms with Crippen molar-refractivity contribution in [3.8, 4) is 0 Å². The van der Waals surface area contributed by atoms with Crippen LogP contribution in [0.3, 0.4) is 0 Å². The lowest BCUT2D eigenvalue weighted by Gasteiger charge is -2.05. The molecule has 0 aliphatic carbocycles. The van der Waals surface area contributed by atoms with Crippen LogP contribution in [0.15, 0.2) is 57.9 Å². The van der Waals surface area contributed by atoms with Crippen LogP contribution in [0.2, 0.25) is 5.02 Å². The van der Waals surface area contributed by atoms with Gasteiger partial charge in [-0.15, -0.1) is 0 Å². The maximum absolute atomic E-state index is 12.2.